The van der Waals surface area contributed by atoms with Crippen molar-refractivity contribution in [2.24, 2.45) is 5.73 Å². The van der Waals surface area contributed by atoms with Crippen LogP contribution < -0.4 is 5.73 Å². The molecule has 1 saturated heterocycles. The average Bonchev–Trinajstić information content (AvgIpc) is 3.08. The van der Waals surface area contributed by atoms with Gasteiger partial charge < -0.3 is 5.73 Å². The van der Waals surface area contributed by atoms with E-state index < -0.39 is 0 Å². The average molecular weight is 290 g/mol. The minimum absolute atomic E-state index is 0.610. The van der Waals surface area contributed by atoms with Gasteiger partial charge in [-0.25, -0.2) is 4.98 Å². The number of aromatic nitrogens is 1. The Balaban J connectivity index is 1.97. The summed E-state index contributed by atoms with van der Waals surface area (Å²) in [6.07, 6.45) is 3.52. The van der Waals surface area contributed by atoms with Crippen LogP contribution in [0.15, 0.2) is 30.3 Å². The summed E-state index contributed by atoms with van der Waals surface area (Å²) in [7, 11) is 0. The maximum atomic E-state index is 5.74. The van der Waals surface area contributed by atoms with Crippen LogP contribution in [0.1, 0.15) is 28.0 Å². The lowest BCUT2D eigenvalue weighted by atomic mass is 10.1. The largest absolute Gasteiger partial charge is 0.330 e. The van der Waals surface area contributed by atoms with Crippen molar-refractivity contribution in [3.63, 3.8) is 0 Å². The van der Waals surface area contributed by atoms with Crippen molar-refractivity contribution in [2.45, 2.75) is 24.5 Å². The predicted molar refractivity (Wildman–Crippen MR) is 84.7 cm³/mol. The van der Waals surface area contributed by atoms with Crippen LogP contribution in [0.2, 0.25) is 0 Å². The molecule has 2 aromatic rings. The van der Waals surface area contributed by atoms with Crippen molar-refractivity contribution in [1.82, 2.24) is 4.98 Å². The third kappa shape index (κ3) is 2.86. The molecule has 1 aromatic carbocycles. The molecule has 0 saturated carbocycles. The van der Waals surface area contributed by atoms with Crippen molar-refractivity contribution < 1.29 is 0 Å². The zero-order valence-corrected chi connectivity index (χ0v) is 12.5. The fourth-order valence-electron chi connectivity index (χ4n) is 2.40. The maximum absolute atomic E-state index is 5.74. The number of hydrogen-bond donors (Lipinski definition) is 1. The van der Waals surface area contributed by atoms with Crippen molar-refractivity contribution >= 4 is 23.1 Å². The lowest BCUT2D eigenvalue weighted by Gasteiger charge is -2.02. The van der Waals surface area contributed by atoms with Crippen LogP contribution in [0.4, 0.5) is 0 Å². The zero-order valence-electron chi connectivity index (χ0n) is 10.8. The van der Waals surface area contributed by atoms with Gasteiger partial charge in [-0.05, 0) is 31.6 Å². The molecule has 2 heterocycles. The van der Waals surface area contributed by atoms with E-state index in [2.05, 4.69) is 24.3 Å². The molecule has 0 aliphatic carbocycles. The molecular weight excluding hydrogens is 272 g/mol. The molecule has 1 aliphatic heterocycles. The van der Waals surface area contributed by atoms with E-state index in [-0.39, 0.29) is 0 Å². The van der Waals surface area contributed by atoms with Crippen molar-refractivity contribution in [3.8, 4) is 11.3 Å². The molecule has 19 heavy (non-hydrogen) atoms. The summed E-state index contributed by atoms with van der Waals surface area (Å²) >= 11 is 3.91. The molecule has 2 nitrogen and oxygen atoms in total. The second-order valence-corrected chi connectivity index (χ2v) is 7.16. The lowest BCUT2D eigenvalue weighted by Crippen LogP contribution is -2.02. The van der Waals surface area contributed by atoms with Gasteiger partial charge in [-0.3, -0.25) is 0 Å². The number of hydrogen-bond acceptors (Lipinski definition) is 4. The summed E-state index contributed by atoms with van der Waals surface area (Å²) < 4.78 is 0. The van der Waals surface area contributed by atoms with Gasteiger partial charge in [-0.1, -0.05) is 30.3 Å². The van der Waals surface area contributed by atoms with Gasteiger partial charge in [0.1, 0.15) is 5.01 Å². The fourth-order valence-corrected chi connectivity index (χ4v) is 5.02. The van der Waals surface area contributed by atoms with E-state index >= 15 is 0 Å². The summed E-state index contributed by atoms with van der Waals surface area (Å²) in [5.41, 5.74) is 8.11. The Bertz CT molecular complexity index is 530. The minimum Gasteiger partial charge on any atom is -0.330 e. The van der Waals surface area contributed by atoms with Gasteiger partial charge in [0.2, 0.25) is 0 Å². The quantitative estimate of drug-likeness (QED) is 0.928. The normalized spacial score (nSPS) is 18.9. The Kier molecular flexibility index (Phi) is 4.21. The van der Waals surface area contributed by atoms with Crippen LogP contribution in [0.5, 0.6) is 0 Å². The Morgan fingerprint density at radius 3 is 2.79 bits per heavy atom. The molecular formula is C15H18N2S2. The van der Waals surface area contributed by atoms with Crippen LogP contribution in [-0.2, 0) is 6.42 Å². The topological polar surface area (TPSA) is 38.9 Å². The summed E-state index contributed by atoms with van der Waals surface area (Å²) in [4.78, 5) is 6.27. The van der Waals surface area contributed by atoms with Crippen LogP contribution >= 0.6 is 23.1 Å². The molecule has 0 spiro atoms. The first-order chi connectivity index (χ1) is 9.38. The SMILES string of the molecule is NCCc1sc(C2CCCS2)nc1-c1ccccc1. The summed E-state index contributed by atoms with van der Waals surface area (Å²) in [5.74, 6) is 1.27. The van der Waals surface area contributed by atoms with E-state index in [4.69, 9.17) is 10.7 Å². The molecule has 4 heteroatoms. The lowest BCUT2D eigenvalue weighted by molar-refractivity contribution is 0.823. The molecule has 100 valence electrons. The molecule has 1 aromatic heterocycles. The van der Waals surface area contributed by atoms with Gasteiger partial charge in [-0.2, -0.15) is 11.8 Å². The number of benzene rings is 1. The predicted octanol–water partition coefficient (Wildman–Crippen LogP) is 3.88. The van der Waals surface area contributed by atoms with Crippen LogP contribution in [0.3, 0.4) is 0 Å². The summed E-state index contributed by atoms with van der Waals surface area (Å²) in [5, 5.41) is 1.91. The van der Waals surface area contributed by atoms with Gasteiger partial charge in [0, 0.05) is 10.4 Å². The highest BCUT2D eigenvalue weighted by atomic mass is 32.2. The monoisotopic (exact) mass is 290 g/mol. The van der Waals surface area contributed by atoms with Gasteiger partial charge in [-0.15, -0.1) is 11.3 Å². The molecule has 1 aliphatic rings. The minimum atomic E-state index is 0.610. The van der Waals surface area contributed by atoms with E-state index in [0.717, 1.165) is 12.1 Å². The number of rotatable bonds is 4. The highest BCUT2D eigenvalue weighted by Gasteiger charge is 2.23. The van der Waals surface area contributed by atoms with E-state index in [1.54, 1.807) is 0 Å². The molecule has 0 radical (unpaired) electrons. The first-order valence-corrected chi connectivity index (χ1v) is 8.61. The van der Waals surface area contributed by atoms with Crippen LogP contribution in [-0.4, -0.2) is 17.3 Å². The maximum Gasteiger partial charge on any atom is 0.107 e. The Morgan fingerprint density at radius 1 is 1.26 bits per heavy atom. The molecule has 1 fully saturated rings. The van der Waals surface area contributed by atoms with Crippen molar-refractivity contribution in [3.05, 3.63) is 40.2 Å². The Labute approximate surface area is 122 Å². The van der Waals surface area contributed by atoms with E-state index in [9.17, 15) is 0 Å². The highest BCUT2D eigenvalue weighted by Crippen LogP contribution is 2.43. The third-order valence-corrected chi connectivity index (χ3v) is 6.10. The van der Waals surface area contributed by atoms with Gasteiger partial charge in [0.25, 0.3) is 0 Å². The van der Waals surface area contributed by atoms with E-state index in [1.165, 1.54) is 34.0 Å². The molecule has 0 bridgehead atoms. The zero-order chi connectivity index (χ0) is 13.1. The smallest absolute Gasteiger partial charge is 0.107 e. The van der Waals surface area contributed by atoms with Gasteiger partial charge >= 0.3 is 0 Å². The first kappa shape index (κ1) is 13.2. The van der Waals surface area contributed by atoms with Crippen LogP contribution in [0.25, 0.3) is 11.3 Å². The number of nitrogens with zero attached hydrogens (tertiary/aromatic N) is 1. The summed E-state index contributed by atoms with van der Waals surface area (Å²) in [6, 6.07) is 10.5. The molecule has 1 unspecified atom stereocenters. The van der Waals surface area contributed by atoms with Gasteiger partial charge in [0.05, 0.1) is 10.9 Å². The van der Waals surface area contributed by atoms with Crippen molar-refractivity contribution in [2.75, 3.05) is 12.3 Å². The molecule has 3 rings (SSSR count). The Morgan fingerprint density at radius 2 is 2.11 bits per heavy atom. The molecule has 0 amide bonds. The van der Waals surface area contributed by atoms with Crippen LogP contribution in [0, 0.1) is 0 Å². The summed E-state index contributed by atoms with van der Waals surface area (Å²) in [6.45, 7) is 0.694. The number of thioether (sulfide) groups is 1. The number of nitrogens with two attached hydrogens (primary N) is 1. The molecule has 2 N–H and O–H groups in total. The first-order valence-electron chi connectivity index (χ1n) is 6.75. The second-order valence-electron chi connectivity index (χ2n) is 4.73. The Hall–Kier alpha value is -0.840. The van der Waals surface area contributed by atoms with E-state index in [0.29, 0.717) is 11.8 Å². The highest BCUT2D eigenvalue weighted by molar-refractivity contribution is 7.99. The third-order valence-electron chi connectivity index (χ3n) is 3.34. The second kappa shape index (κ2) is 6.07. The van der Waals surface area contributed by atoms with Gasteiger partial charge in [0.15, 0.2) is 0 Å². The standard InChI is InChI=1S/C15H18N2S2/c16-9-8-12-14(11-5-2-1-3-6-11)17-15(19-12)13-7-4-10-18-13/h1-3,5-6,13H,4,7-10,16H2. The van der Waals surface area contributed by atoms with Crippen molar-refractivity contribution in [1.29, 1.82) is 0 Å². The van der Waals surface area contributed by atoms with E-state index in [1.807, 2.05) is 29.2 Å². The fraction of sp³-hybridized carbons (Fsp3) is 0.400. The number of thiazole rings is 1. The molecule has 1 atom stereocenters.